The molecule has 0 amide bonds. The number of carbonyl (C=O) groups excluding carboxylic acids is 2. The standard InChI is InChI=1S/C19H30O8/c1-8-17(2,3)11(20)9-10-12-13(24-15(10)21)14-16(25-12)27-19(5,23-7)18(4,22-6)26-14/h10,12-14,16H,8-9H2,1-7H3. The molecule has 0 bridgehead atoms. The lowest BCUT2D eigenvalue weighted by Crippen LogP contribution is -2.65. The monoisotopic (exact) mass is 386 g/mol. The fourth-order valence-electron chi connectivity index (χ4n) is 3.72. The molecule has 0 radical (unpaired) electrons. The van der Waals surface area contributed by atoms with E-state index in [0.717, 1.165) is 0 Å². The van der Waals surface area contributed by atoms with Gasteiger partial charge >= 0.3 is 5.97 Å². The molecule has 154 valence electrons. The Bertz CT molecular complexity index is 619. The van der Waals surface area contributed by atoms with Crippen molar-refractivity contribution < 1.29 is 38.0 Å². The van der Waals surface area contributed by atoms with Crippen LogP contribution in [0.15, 0.2) is 0 Å². The third kappa shape index (κ3) is 3.11. The van der Waals surface area contributed by atoms with Gasteiger partial charge < -0.3 is 28.4 Å². The molecular formula is C19H30O8. The Kier molecular flexibility index (Phi) is 5.18. The Labute approximate surface area is 159 Å². The number of hydrogen-bond donors (Lipinski definition) is 0. The molecule has 7 unspecified atom stereocenters. The smallest absolute Gasteiger partial charge is 0.312 e. The number of ether oxygens (including phenoxy) is 6. The van der Waals surface area contributed by atoms with E-state index in [9.17, 15) is 9.59 Å². The van der Waals surface area contributed by atoms with Gasteiger partial charge in [0.25, 0.3) is 0 Å². The Morgan fingerprint density at radius 1 is 1.07 bits per heavy atom. The van der Waals surface area contributed by atoms with Crippen LogP contribution in [-0.4, -0.2) is 62.1 Å². The highest BCUT2D eigenvalue weighted by molar-refractivity contribution is 5.89. The van der Waals surface area contributed by atoms with Crippen LogP contribution in [0.2, 0.25) is 0 Å². The second kappa shape index (κ2) is 6.77. The third-order valence-corrected chi connectivity index (χ3v) is 6.51. The molecular weight excluding hydrogens is 356 g/mol. The fourth-order valence-corrected chi connectivity index (χ4v) is 3.72. The fraction of sp³-hybridized carbons (Fsp3) is 0.895. The number of methoxy groups -OCH3 is 2. The highest BCUT2D eigenvalue weighted by Crippen LogP contribution is 2.48. The van der Waals surface area contributed by atoms with Crippen LogP contribution in [0.4, 0.5) is 0 Å². The zero-order chi connectivity index (χ0) is 20.2. The van der Waals surface area contributed by atoms with E-state index >= 15 is 0 Å². The molecule has 8 nitrogen and oxygen atoms in total. The molecule has 3 rings (SSSR count). The lowest BCUT2D eigenvalue weighted by molar-refractivity contribution is -0.468. The normalized spacial score (nSPS) is 44.0. The molecule has 3 fully saturated rings. The first kappa shape index (κ1) is 20.7. The van der Waals surface area contributed by atoms with Crippen molar-refractivity contribution >= 4 is 11.8 Å². The summed E-state index contributed by atoms with van der Waals surface area (Å²) in [5.41, 5.74) is -0.500. The van der Waals surface area contributed by atoms with Crippen LogP contribution in [0.25, 0.3) is 0 Å². The van der Waals surface area contributed by atoms with Crippen molar-refractivity contribution in [2.45, 2.75) is 83.6 Å². The summed E-state index contributed by atoms with van der Waals surface area (Å²) >= 11 is 0. The summed E-state index contributed by atoms with van der Waals surface area (Å²) in [6, 6.07) is 0. The van der Waals surface area contributed by atoms with Gasteiger partial charge in [-0.2, -0.15) is 0 Å². The maximum Gasteiger partial charge on any atom is 0.312 e. The van der Waals surface area contributed by atoms with E-state index < -0.39 is 53.5 Å². The molecule has 0 aliphatic carbocycles. The lowest BCUT2D eigenvalue weighted by Gasteiger charge is -2.50. The van der Waals surface area contributed by atoms with Crippen molar-refractivity contribution in [1.82, 2.24) is 0 Å². The SMILES string of the molecule is CCC(C)(C)C(=O)CC1C(=O)OC2C3OC(C)(OC)C(C)(OC)OC3OC12. The van der Waals surface area contributed by atoms with E-state index in [4.69, 9.17) is 28.4 Å². The Morgan fingerprint density at radius 2 is 1.67 bits per heavy atom. The van der Waals surface area contributed by atoms with Crippen molar-refractivity contribution in [3.63, 3.8) is 0 Å². The zero-order valence-electron chi connectivity index (χ0n) is 17.1. The summed E-state index contributed by atoms with van der Waals surface area (Å²) in [7, 11) is 2.98. The predicted molar refractivity (Wildman–Crippen MR) is 92.5 cm³/mol. The number of esters is 1. The van der Waals surface area contributed by atoms with Crippen LogP contribution in [0.5, 0.6) is 0 Å². The molecule has 3 aliphatic heterocycles. The Balaban J connectivity index is 1.80. The van der Waals surface area contributed by atoms with Crippen molar-refractivity contribution in [2.24, 2.45) is 11.3 Å². The van der Waals surface area contributed by atoms with Crippen molar-refractivity contribution in [2.75, 3.05) is 14.2 Å². The number of rotatable bonds is 6. The average Bonchev–Trinajstić information content (AvgIpc) is 3.10. The van der Waals surface area contributed by atoms with E-state index in [1.54, 1.807) is 13.8 Å². The van der Waals surface area contributed by atoms with Crippen LogP contribution >= 0.6 is 0 Å². The van der Waals surface area contributed by atoms with Gasteiger partial charge in [-0.1, -0.05) is 20.8 Å². The number of carbonyl (C=O) groups is 2. The molecule has 3 heterocycles. The van der Waals surface area contributed by atoms with Gasteiger partial charge in [0, 0.05) is 26.1 Å². The van der Waals surface area contributed by atoms with E-state index in [0.29, 0.717) is 6.42 Å². The van der Waals surface area contributed by atoms with Gasteiger partial charge in [-0.05, 0) is 20.3 Å². The van der Waals surface area contributed by atoms with E-state index in [1.807, 2.05) is 20.8 Å². The van der Waals surface area contributed by atoms with Crippen LogP contribution in [0, 0.1) is 11.3 Å². The van der Waals surface area contributed by atoms with Crippen LogP contribution < -0.4 is 0 Å². The van der Waals surface area contributed by atoms with Gasteiger partial charge in [0.05, 0.1) is 5.92 Å². The van der Waals surface area contributed by atoms with Crippen molar-refractivity contribution in [3.8, 4) is 0 Å². The average molecular weight is 386 g/mol. The van der Waals surface area contributed by atoms with Gasteiger partial charge in [0.2, 0.25) is 11.6 Å². The van der Waals surface area contributed by atoms with Crippen LogP contribution in [-0.2, 0) is 38.0 Å². The summed E-state index contributed by atoms with van der Waals surface area (Å²) < 4.78 is 34.6. The van der Waals surface area contributed by atoms with E-state index in [-0.39, 0.29) is 12.2 Å². The number of hydrogen-bond acceptors (Lipinski definition) is 8. The van der Waals surface area contributed by atoms with E-state index in [1.165, 1.54) is 14.2 Å². The third-order valence-electron chi connectivity index (χ3n) is 6.51. The topological polar surface area (TPSA) is 89.5 Å². The minimum atomic E-state index is -1.22. The summed E-state index contributed by atoms with van der Waals surface area (Å²) in [6.07, 6.45) is -1.93. The molecule has 0 aromatic rings. The first-order valence-electron chi connectivity index (χ1n) is 9.37. The molecule has 0 aromatic carbocycles. The molecule has 0 spiro atoms. The van der Waals surface area contributed by atoms with E-state index in [2.05, 4.69) is 0 Å². The van der Waals surface area contributed by atoms with Gasteiger partial charge in [0.1, 0.15) is 11.9 Å². The van der Waals surface area contributed by atoms with Gasteiger partial charge in [-0.3, -0.25) is 9.59 Å². The van der Waals surface area contributed by atoms with Crippen molar-refractivity contribution in [3.05, 3.63) is 0 Å². The Morgan fingerprint density at radius 3 is 2.22 bits per heavy atom. The first-order chi connectivity index (χ1) is 12.5. The lowest BCUT2D eigenvalue weighted by atomic mass is 9.80. The largest absolute Gasteiger partial charge is 0.456 e. The summed E-state index contributed by atoms with van der Waals surface area (Å²) in [5, 5.41) is 0. The predicted octanol–water partition coefficient (Wildman–Crippen LogP) is 1.79. The highest BCUT2D eigenvalue weighted by Gasteiger charge is 2.67. The van der Waals surface area contributed by atoms with Gasteiger partial charge in [-0.25, -0.2) is 0 Å². The first-order valence-corrected chi connectivity index (χ1v) is 9.37. The molecule has 0 aromatic heterocycles. The summed E-state index contributed by atoms with van der Waals surface area (Å²) in [4.78, 5) is 25.1. The Hall–Kier alpha value is -1.06. The molecule has 0 N–H and O–H groups in total. The maximum absolute atomic E-state index is 12.6. The number of ketones is 1. The molecule has 3 saturated heterocycles. The number of Topliss-reactive ketones (excluding diaryl/α,β-unsaturated/α-hetero) is 1. The van der Waals surface area contributed by atoms with Gasteiger partial charge in [0.15, 0.2) is 18.5 Å². The molecule has 3 aliphatic rings. The molecule has 7 atom stereocenters. The highest BCUT2D eigenvalue weighted by atomic mass is 16.9. The van der Waals surface area contributed by atoms with Crippen LogP contribution in [0.3, 0.4) is 0 Å². The summed E-state index contributed by atoms with van der Waals surface area (Å²) in [6.45, 7) is 9.10. The molecule has 27 heavy (non-hydrogen) atoms. The zero-order valence-corrected chi connectivity index (χ0v) is 17.1. The summed E-state index contributed by atoms with van der Waals surface area (Å²) in [5.74, 6) is -3.52. The molecule has 0 saturated carbocycles. The second-order valence-corrected chi connectivity index (χ2v) is 8.34. The molecule has 8 heteroatoms. The minimum absolute atomic E-state index is 0.0105. The second-order valence-electron chi connectivity index (χ2n) is 8.34. The number of fused-ring (bicyclic) bond motifs is 3. The van der Waals surface area contributed by atoms with Gasteiger partial charge in [-0.15, -0.1) is 0 Å². The minimum Gasteiger partial charge on any atom is -0.456 e. The van der Waals surface area contributed by atoms with Crippen LogP contribution in [0.1, 0.15) is 47.5 Å². The maximum atomic E-state index is 12.6. The quantitative estimate of drug-likeness (QED) is 0.638. The van der Waals surface area contributed by atoms with Crippen molar-refractivity contribution in [1.29, 1.82) is 0 Å².